The van der Waals surface area contributed by atoms with Crippen LogP contribution in [0.1, 0.15) is 23.8 Å². The molecule has 1 aliphatic carbocycles. The number of aromatic nitrogens is 1. The van der Waals surface area contributed by atoms with Crippen LogP contribution in [0.3, 0.4) is 0 Å². The van der Waals surface area contributed by atoms with Gasteiger partial charge >= 0.3 is 0 Å². The molecule has 72 valence electrons. The first-order chi connectivity index (χ1) is 7.45. The summed E-state index contributed by atoms with van der Waals surface area (Å²) in [5, 5.41) is 0. The highest BCUT2D eigenvalue weighted by atomic mass is 16.6. The van der Waals surface area contributed by atoms with Gasteiger partial charge in [0, 0.05) is 18.2 Å². The van der Waals surface area contributed by atoms with E-state index in [0.717, 1.165) is 17.8 Å². The van der Waals surface area contributed by atoms with E-state index in [1.165, 1.54) is 11.1 Å². The zero-order valence-electron chi connectivity index (χ0n) is 7.97. The Bertz CT molecular complexity index is 552. The fourth-order valence-electron chi connectivity index (χ4n) is 2.35. The molecule has 4 rings (SSSR count). The van der Waals surface area contributed by atoms with E-state index in [2.05, 4.69) is 21.9 Å². The number of hydrogen-bond acceptors (Lipinski definition) is 3. The van der Waals surface area contributed by atoms with Gasteiger partial charge in [0.05, 0.1) is 5.69 Å². The third-order valence-electron chi connectivity index (χ3n) is 3.10. The van der Waals surface area contributed by atoms with Crippen LogP contribution in [0.4, 0.5) is 0 Å². The molecule has 1 aromatic heterocycles. The number of pyridine rings is 1. The maximum absolute atomic E-state index is 5.67. The average Bonchev–Trinajstić information content (AvgIpc) is 3.10. The number of fused-ring (bicyclic) bond motifs is 5. The molecule has 3 heterocycles. The lowest BCUT2D eigenvalue weighted by atomic mass is 9.91. The number of nitrogens with zero attached hydrogens (tertiary/aromatic N) is 2. The Morgan fingerprint density at radius 3 is 3.40 bits per heavy atom. The number of epoxide rings is 1. The third kappa shape index (κ3) is 0.890. The maximum atomic E-state index is 5.67. The molecule has 1 aromatic rings. The summed E-state index contributed by atoms with van der Waals surface area (Å²) >= 11 is 0. The molecule has 0 radical (unpaired) electrons. The van der Waals surface area contributed by atoms with Crippen LogP contribution in [-0.2, 0) is 4.74 Å². The first-order valence-electron chi connectivity index (χ1n) is 5.07. The molecule has 0 unspecified atom stereocenters. The van der Waals surface area contributed by atoms with Gasteiger partial charge in [-0.1, -0.05) is 6.07 Å². The number of allylic oxidation sites excluding steroid dienone is 1. The van der Waals surface area contributed by atoms with Crippen LogP contribution in [0.2, 0.25) is 0 Å². The van der Waals surface area contributed by atoms with Crippen LogP contribution in [0.5, 0.6) is 0 Å². The van der Waals surface area contributed by atoms with Gasteiger partial charge in [0.2, 0.25) is 0 Å². The molecule has 2 aliphatic heterocycles. The zero-order valence-corrected chi connectivity index (χ0v) is 7.97. The molecular formula is C12H8N2O. The highest BCUT2D eigenvalue weighted by Gasteiger charge is 2.49. The SMILES string of the molecule is C1=CCC2=C(N=1)c1ncccc1[C@H]1O[C@@H]21. The molecule has 0 spiro atoms. The Labute approximate surface area is 86.8 Å². The van der Waals surface area contributed by atoms with Gasteiger partial charge in [-0.2, -0.15) is 0 Å². The molecule has 3 nitrogen and oxygen atoms in total. The van der Waals surface area contributed by atoms with Crippen molar-refractivity contribution in [3.8, 4) is 0 Å². The van der Waals surface area contributed by atoms with Crippen molar-refractivity contribution in [2.75, 3.05) is 0 Å². The van der Waals surface area contributed by atoms with Gasteiger partial charge in [0.1, 0.15) is 17.9 Å². The molecule has 3 heteroatoms. The number of aliphatic imine (C=N–C) groups is 1. The lowest BCUT2D eigenvalue weighted by Gasteiger charge is -2.16. The Balaban J connectivity index is 2.04. The van der Waals surface area contributed by atoms with Crippen LogP contribution >= 0.6 is 0 Å². The lowest BCUT2D eigenvalue weighted by molar-refractivity contribution is 0.389. The molecule has 0 N–H and O–H groups in total. The highest BCUT2D eigenvalue weighted by molar-refractivity contribution is 5.80. The predicted molar refractivity (Wildman–Crippen MR) is 55.4 cm³/mol. The Kier molecular flexibility index (Phi) is 1.24. The van der Waals surface area contributed by atoms with Crippen molar-refractivity contribution in [2.24, 2.45) is 4.99 Å². The van der Waals surface area contributed by atoms with Gasteiger partial charge in [-0.05, 0) is 23.6 Å². The standard InChI is InChI=1S/C12H8N2O/c1-3-7-9(13-5-1)10-8(4-2-6-14-10)12-11(7)15-12/h1-3,5,11-12H,4H2/t11-,12+/m1/s1. The Hall–Kier alpha value is -1.70. The van der Waals surface area contributed by atoms with Crippen molar-refractivity contribution in [3.63, 3.8) is 0 Å². The van der Waals surface area contributed by atoms with E-state index >= 15 is 0 Å². The van der Waals surface area contributed by atoms with Gasteiger partial charge in [-0.15, -0.1) is 0 Å². The fraction of sp³-hybridized carbons (Fsp3) is 0.250. The fourth-order valence-corrected chi connectivity index (χ4v) is 2.35. The second-order valence-electron chi connectivity index (χ2n) is 3.94. The molecule has 0 bridgehead atoms. The minimum absolute atomic E-state index is 0.231. The van der Waals surface area contributed by atoms with E-state index in [9.17, 15) is 0 Å². The van der Waals surface area contributed by atoms with E-state index in [1.807, 2.05) is 12.1 Å². The van der Waals surface area contributed by atoms with Crippen LogP contribution in [-0.4, -0.2) is 17.0 Å². The summed E-state index contributed by atoms with van der Waals surface area (Å²) in [7, 11) is 0. The van der Waals surface area contributed by atoms with Crippen LogP contribution in [0, 0.1) is 0 Å². The van der Waals surface area contributed by atoms with E-state index in [0.29, 0.717) is 0 Å². The van der Waals surface area contributed by atoms with Crippen molar-refractivity contribution in [2.45, 2.75) is 18.6 Å². The van der Waals surface area contributed by atoms with E-state index in [-0.39, 0.29) is 12.2 Å². The van der Waals surface area contributed by atoms with E-state index < -0.39 is 0 Å². The van der Waals surface area contributed by atoms with Crippen molar-refractivity contribution in [1.29, 1.82) is 0 Å². The van der Waals surface area contributed by atoms with Gasteiger partial charge in [-0.3, -0.25) is 4.98 Å². The average molecular weight is 196 g/mol. The van der Waals surface area contributed by atoms with Crippen LogP contribution < -0.4 is 0 Å². The topological polar surface area (TPSA) is 37.8 Å². The molecule has 1 fully saturated rings. The summed E-state index contributed by atoms with van der Waals surface area (Å²) in [6.45, 7) is 0. The van der Waals surface area contributed by atoms with Crippen molar-refractivity contribution < 1.29 is 4.74 Å². The summed E-state index contributed by atoms with van der Waals surface area (Å²) in [6.07, 6.45) is 5.13. The summed E-state index contributed by atoms with van der Waals surface area (Å²) in [5.41, 5.74) is 4.40. The molecule has 3 aliphatic rings. The van der Waals surface area contributed by atoms with E-state index in [1.54, 1.807) is 6.20 Å². The molecule has 0 aromatic carbocycles. The molecule has 1 saturated heterocycles. The Morgan fingerprint density at radius 2 is 2.40 bits per heavy atom. The zero-order chi connectivity index (χ0) is 9.83. The lowest BCUT2D eigenvalue weighted by Crippen LogP contribution is -2.09. The van der Waals surface area contributed by atoms with Crippen molar-refractivity contribution in [1.82, 2.24) is 4.98 Å². The molecule has 0 amide bonds. The van der Waals surface area contributed by atoms with Crippen molar-refractivity contribution in [3.05, 3.63) is 41.2 Å². The second kappa shape index (κ2) is 2.45. The normalized spacial score (nSPS) is 29.6. The third-order valence-corrected chi connectivity index (χ3v) is 3.10. The van der Waals surface area contributed by atoms with Gasteiger partial charge in [0.25, 0.3) is 0 Å². The first kappa shape index (κ1) is 7.57. The maximum Gasteiger partial charge on any atom is 0.116 e. The monoisotopic (exact) mass is 196 g/mol. The molecular weight excluding hydrogens is 188 g/mol. The van der Waals surface area contributed by atoms with Gasteiger partial charge < -0.3 is 4.74 Å². The van der Waals surface area contributed by atoms with Gasteiger partial charge in [-0.25, -0.2) is 4.99 Å². The highest BCUT2D eigenvalue weighted by Crippen LogP contribution is 2.52. The number of rotatable bonds is 0. The van der Waals surface area contributed by atoms with Gasteiger partial charge in [0.15, 0.2) is 0 Å². The largest absolute Gasteiger partial charge is 0.360 e. The molecule has 2 atom stereocenters. The smallest absolute Gasteiger partial charge is 0.116 e. The number of ether oxygens (including phenoxy) is 1. The first-order valence-corrected chi connectivity index (χ1v) is 5.07. The summed E-state index contributed by atoms with van der Waals surface area (Å²) in [5.74, 6) is 2.91. The minimum atomic E-state index is 0.231. The van der Waals surface area contributed by atoms with Crippen LogP contribution in [0.15, 0.2) is 35.0 Å². The molecule has 0 saturated carbocycles. The minimum Gasteiger partial charge on any atom is -0.360 e. The summed E-state index contributed by atoms with van der Waals surface area (Å²) < 4.78 is 5.67. The van der Waals surface area contributed by atoms with E-state index in [4.69, 9.17) is 4.74 Å². The summed E-state index contributed by atoms with van der Waals surface area (Å²) in [6, 6.07) is 4.02. The predicted octanol–water partition coefficient (Wildman–Crippen LogP) is 1.88. The Morgan fingerprint density at radius 1 is 1.40 bits per heavy atom. The van der Waals surface area contributed by atoms with Crippen molar-refractivity contribution >= 4 is 11.6 Å². The quantitative estimate of drug-likeness (QED) is 0.594. The summed E-state index contributed by atoms with van der Waals surface area (Å²) in [4.78, 5) is 8.70. The molecule has 15 heavy (non-hydrogen) atoms. The second-order valence-corrected chi connectivity index (χ2v) is 3.94. The van der Waals surface area contributed by atoms with Crippen LogP contribution in [0.25, 0.3) is 5.70 Å². The number of hydrogen-bond donors (Lipinski definition) is 0.